The van der Waals surface area contributed by atoms with E-state index in [1.54, 1.807) is 4.90 Å². The predicted molar refractivity (Wildman–Crippen MR) is 96.7 cm³/mol. The van der Waals surface area contributed by atoms with Crippen LogP contribution < -0.4 is 25.0 Å². The van der Waals surface area contributed by atoms with Crippen LogP contribution >= 0.6 is 0 Å². The molecule has 2 aliphatic heterocycles. The second-order valence-corrected chi connectivity index (χ2v) is 7.19. The van der Waals surface area contributed by atoms with Gasteiger partial charge in [0.05, 0.1) is 6.04 Å². The molecule has 3 amide bonds. The van der Waals surface area contributed by atoms with Crippen molar-refractivity contribution in [3.63, 3.8) is 0 Å². The summed E-state index contributed by atoms with van der Waals surface area (Å²) in [5, 5.41) is 5.99. The smallest absolute Gasteiger partial charge is 0.315 e. The second kappa shape index (κ2) is 7.43. The van der Waals surface area contributed by atoms with Crippen molar-refractivity contribution in [2.75, 3.05) is 24.7 Å². The maximum atomic E-state index is 12.4. The van der Waals surface area contributed by atoms with Crippen molar-refractivity contribution in [3.05, 3.63) is 18.2 Å². The highest BCUT2D eigenvalue weighted by Gasteiger charge is 2.32. The van der Waals surface area contributed by atoms with Gasteiger partial charge in [-0.15, -0.1) is 0 Å². The van der Waals surface area contributed by atoms with E-state index in [-0.39, 0.29) is 24.0 Å². The van der Waals surface area contributed by atoms with E-state index in [0.717, 1.165) is 18.5 Å². The lowest BCUT2D eigenvalue weighted by atomic mass is 9.96. The average molecular weight is 359 g/mol. The first-order chi connectivity index (χ1) is 12.7. The van der Waals surface area contributed by atoms with Crippen LogP contribution in [0.5, 0.6) is 11.5 Å². The summed E-state index contributed by atoms with van der Waals surface area (Å²) in [4.78, 5) is 26.3. The Morgan fingerprint density at radius 1 is 1.00 bits per heavy atom. The van der Waals surface area contributed by atoms with E-state index < -0.39 is 0 Å². The number of carbonyl (C=O) groups excluding carboxylic acids is 2. The fourth-order valence-corrected chi connectivity index (χ4v) is 3.91. The maximum absolute atomic E-state index is 12.4. The molecule has 1 aromatic carbocycles. The Hall–Kier alpha value is -2.44. The van der Waals surface area contributed by atoms with E-state index in [1.165, 1.54) is 19.3 Å². The molecule has 7 nitrogen and oxygen atoms in total. The highest BCUT2D eigenvalue weighted by molar-refractivity contribution is 5.97. The van der Waals surface area contributed by atoms with Crippen LogP contribution in [0.4, 0.5) is 10.5 Å². The summed E-state index contributed by atoms with van der Waals surface area (Å²) < 4.78 is 11.1. The number of amides is 3. The zero-order valence-corrected chi connectivity index (χ0v) is 14.8. The minimum absolute atomic E-state index is 0.00430. The monoisotopic (exact) mass is 359 g/mol. The first kappa shape index (κ1) is 17.0. The molecular weight excluding hydrogens is 334 g/mol. The number of hydrogen-bond donors (Lipinski definition) is 2. The molecular formula is C19H25N3O4. The Labute approximate surface area is 153 Å². The highest BCUT2D eigenvalue weighted by Crippen LogP contribution is 2.35. The number of urea groups is 1. The van der Waals surface area contributed by atoms with E-state index in [0.29, 0.717) is 37.7 Å². The van der Waals surface area contributed by atoms with Crippen LogP contribution in [0.1, 0.15) is 38.5 Å². The van der Waals surface area contributed by atoms with Crippen molar-refractivity contribution < 1.29 is 19.1 Å². The summed E-state index contributed by atoms with van der Waals surface area (Å²) in [5.74, 6) is 1.37. The minimum Gasteiger partial charge on any atom is -0.486 e. The number of carbonyl (C=O) groups is 2. The van der Waals surface area contributed by atoms with Gasteiger partial charge in [0.25, 0.3) is 0 Å². The topological polar surface area (TPSA) is 79.9 Å². The molecule has 0 bridgehead atoms. The van der Waals surface area contributed by atoms with Crippen LogP contribution in [-0.4, -0.2) is 43.8 Å². The predicted octanol–water partition coefficient (Wildman–Crippen LogP) is 2.19. The molecule has 7 heteroatoms. The van der Waals surface area contributed by atoms with Gasteiger partial charge >= 0.3 is 6.03 Å². The molecule has 0 aromatic heterocycles. The molecule has 1 atom stereocenters. The van der Waals surface area contributed by atoms with E-state index in [1.807, 2.05) is 18.2 Å². The van der Waals surface area contributed by atoms with Gasteiger partial charge in [-0.05, 0) is 25.0 Å². The Bertz CT molecular complexity index is 687. The van der Waals surface area contributed by atoms with E-state index in [2.05, 4.69) is 10.6 Å². The number of rotatable bonds is 3. The zero-order valence-electron chi connectivity index (χ0n) is 14.8. The first-order valence-electron chi connectivity index (χ1n) is 9.46. The Morgan fingerprint density at radius 3 is 2.54 bits per heavy atom. The lowest BCUT2D eigenvalue weighted by molar-refractivity contribution is -0.117. The molecule has 2 N–H and O–H groups in total. The highest BCUT2D eigenvalue weighted by atomic mass is 16.6. The number of anilines is 1. The molecule has 3 aliphatic rings. The molecule has 4 rings (SSSR count). The van der Waals surface area contributed by atoms with Crippen LogP contribution in [0, 0.1) is 0 Å². The van der Waals surface area contributed by atoms with Crippen molar-refractivity contribution in [2.45, 2.75) is 50.6 Å². The largest absolute Gasteiger partial charge is 0.486 e. The summed E-state index contributed by atoms with van der Waals surface area (Å²) in [5.41, 5.74) is 0.774. The van der Waals surface area contributed by atoms with Gasteiger partial charge in [0.1, 0.15) is 13.2 Å². The number of fused-ring (bicyclic) bond motifs is 1. The molecule has 0 spiro atoms. The van der Waals surface area contributed by atoms with E-state index in [9.17, 15) is 9.59 Å². The fraction of sp³-hybridized carbons (Fsp3) is 0.579. The van der Waals surface area contributed by atoms with Crippen molar-refractivity contribution in [1.82, 2.24) is 10.6 Å². The SMILES string of the molecule is O=C(NC1CCCCC1)N[C@H]1CC(=O)N(c2ccc3c(c2)OCCO3)C1. The third kappa shape index (κ3) is 3.71. The first-order valence-corrected chi connectivity index (χ1v) is 9.46. The van der Waals surface area contributed by atoms with Gasteiger partial charge in [-0.25, -0.2) is 4.79 Å². The lowest BCUT2D eigenvalue weighted by Crippen LogP contribution is -2.47. The standard InChI is InChI=1S/C19H25N3O4/c23-18-10-14(21-19(24)20-13-4-2-1-3-5-13)12-22(18)15-6-7-16-17(11-15)26-9-8-25-16/h6-7,11,13-14H,1-5,8-10,12H2,(H2,20,21,24)/t14-/m0/s1. The third-order valence-electron chi connectivity index (χ3n) is 5.24. The molecule has 2 heterocycles. The Kier molecular flexibility index (Phi) is 4.86. The van der Waals surface area contributed by atoms with Crippen molar-refractivity contribution in [1.29, 1.82) is 0 Å². The molecule has 0 unspecified atom stereocenters. The van der Waals surface area contributed by atoms with Gasteiger partial charge in [-0.1, -0.05) is 19.3 Å². The molecule has 1 saturated carbocycles. The third-order valence-corrected chi connectivity index (χ3v) is 5.24. The number of nitrogens with one attached hydrogen (secondary N) is 2. The van der Waals surface area contributed by atoms with Crippen LogP contribution in [-0.2, 0) is 4.79 Å². The van der Waals surface area contributed by atoms with Gasteiger partial charge in [0.2, 0.25) is 5.91 Å². The van der Waals surface area contributed by atoms with Crippen molar-refractivity contribution in [2.24, 2.45) is 0 Å². The summed E-state index contributed by atoms with van der Waals surface area (Å²) in [6, 6.07) is 5.42. The molecule has 2 fully saturated rings. The van der Waals surface area contributed by atoms with Gasteiger partial charge < -0.3 is 25.0 Å². The van der Waals surface area contributed by atoms with Crippen LogP contribution in [0.25, 0.3) is 0 Å². The molecule has 1 aliphatic carbocycles. The fourth-order valence-electron chi connectivity index (χ4n) is 3.91. The van der Waals surface area contributed by atoms with Gasteiger partial charge in [0.15, 0.2) is 11.5 Å². The second-order valence-electron chi connectivity index (χ2n) is 7.19. The summed E-state index contributed by atoms with van der Waals surface area (Å²) in [7, 11) is 0. The summed E-state index contributed by atoms with van der Waals surface area (Å²) in [6.45, 7) is 1.52. The van der Waals surface area contributed by atoms with Gasteiger partial charge in [0, 0.05) is 30.8 Å². The summed E-state index contributed by atoms with van der Waals surface area (Å²) in [6.07, 6.45) is 5.99. The Morgan fingerprint density at radius 2 is 1.73 bits per heavy atom. The molecule has 1 aromatic rings. The minimum atomic E-state index is -0.181. The quantitative estimate of drug-likeness (QED) is 0.867. The van der Waals surface area contributed by atoms with Crippen LogP contribution in [0.2, 0.25) is 0 Å². The molecule has 26 heavy (non-hydrogen) atoms. The van der Waals surface area contributed by atoms with E-state index >= 15 is 0 Å². The molecule has 1 saturated heterocycles. The summed E-state index contributed by atoms with van der Waals surface area (Å²) >= 11 is 0. The van der Waals surface area contributed by atoms with Crippen molar-refractivity contribution in [3.8, 4) is 11.5 Å². The van der Waals surface area contributed by atoms with Gasteiger partial charge in [-0.3, -0.25) is 4.79 Å². The van der Waals surface area contributed by atoms with Crippen LogP contribution in [0.3, 0.4) is 0 Å². The Balaban J connectivity index is 1.35. The number of hydrogen-bond acceptors (Lipinski definition) is 4. The van der Waals surface area contributed by atoms with E-state index in [4.69, 9.17) is 9.47 Å². The van der Waals surface area contributed by atoms with Gasteiger partial charge in [-0.2, -0.15) is 0 Å². The lowest BCUT2D eigenvalue weighted by Gasteiger charge is -2.24. The zero-order chi connectivity index (χ0) is 17.9. The molecule has 0 radical (unpaired) electrons. The maximum Gasteiger partial charge on any atom is 0.315 e. The number of nitrogens with zero attached hydrogens (tertiary/aromatic N) is 1. The number of ether oxygens (including phenoxy) is 2. The molecule has 140 valence electrons. The normalized spacial score (nSPS) is 23.0. The average Bonchev–Trinajstić information content (AvgIpc) is 3.02. The van der Waals surface area contributed by atoms with Crippen molar-refractivity contribution >= 4 is 17.6 Å². The number of benzene rings is 1. The van der Waals surface area contributed by atoms with Crippen LogP contribution in [0.15, 0.2) is 18.2 Å².